The number of nitrogens with zero attached hydrogens (tertiary/aromatic N) is 5. The van der Waals surface area contributed by atoms with Gasteiger partial charge in [-0.05, 0) is 57.6 Å². The molecule has 0 aliphatic heterocycles. The summed E-state index contributed by atoms with van der Waals surface area (Å²) in [5, 5.41) is 8.35. The summed E-state index contributed by atoms with van der Waals surface area (Å²) in [5.41, 5.74) is 2.88. The average molecular weight is 399 g/mol. The highest BCUT2D eigenvalue weighted by atomic mass is 16.6. The summed E-state index contributed by atoms with van der Waals surface area (Å²) < 4.78 is 13.3. The maximum Gasteiger partial charge on any atom is 0.410 e. The van der Waals surface area contributed by atoms with E-state index in [1.54, 1.807) is 23.7 Å². The molecule has 8 heteroatoms. The number of amides is 1. The molecular weight excluding hydrogens is 370 g/mol. The van der Waals surface area contributed by atoms with Gasteiger partial charge in [0.05, 0.1) is 17.5 Å². The number of aryl methyl sites for hydroxylation is 2. The number of carbonyl (C=O) groups is 1. The van der Waals surface area contributed by atoms with E-state index in [1.807, 2.05) is 19.1 Å². The van der Waals surface area contributed by atoms with E-state index in [4.69, 9.17) is 14.5 Å². The van der Waals surface area contributed by atoms with Crippen LogP contribution >= 0.6 is 0 Å². The number of ether oxygens (including phenoxy) is 2. The van der Waals surface area contributed by atoms with Crippen molar-refractivity contribution in [2.24, 2.45) is 7.05 Å². The topological polar surface area (TPSA) is 82.4 Å². The molecular formula is C21H29N5O3. The van der Waals surface area contributed by atoms with Crippen LogP contribution in [-0.4, -0.2) is 50.2 Å². The number of hydrogen-bond acceptors (Lipinski definition) is 6. The van der Waals surface area contributed by atoms with Crippen LogP contribution in [0.2, 0.25) is 0 Å². The van der Waals surface area contributed by atoms with Crippen molar-refractivity contribution in [3.8, 4) is 17.1 Å². The molecule has 0 N–H and O–H groups in total. The first-order valence-corrected chi connectivity index (χ1v) is 10.5. The lowest BCUT2D eigenvalue weighted by atomic mass is 9.98. The van der Waals surface area contributed by atoms with Crippen LogP contribution in [0.5, 0.6) is 5.75 Å². The average Bonchev–Trinajstić information content (AvgIpc) is 3.51. The highest BCUT2D eigenvalue weighted by Gasteiger charge is 2.31. The SMILES string of the molecule is Cc1nc(-c2nnn(C)c2COC(=O)N(C)C2CC2)ccc1OC1CCCCC1. The second-order valence-corrected chi connectivity index (χ2v) is 8.06. The van der Waals surface area contributed by atoms with Gasteiger partial charge in [-0.3, -0.25) is 0 Å². The zero-order valence-electron chi connectivity index (χ0n) is 17.4. The fourth-order valence-electron chi connectivity index (χ4n) is 3.75. The second-order valence-electron chi connectivity index (χ2n) is 8.06. The van der Waals surface area contributed by atoms with Gasteiger partial charge in [0.1, 0.15) is 23.7 Å². The maximum atomic E-state index is 12.2. The van der Waals surface area contributed by atoms with E-state index >= 15 is 0 Å². The molecule has 156 valence electrons. The van der Waals surface area contributed by atoms with Crippen molar-refractivity contribution in [1.29, 1.82) is 0 Å². The van der Waals surface area contributed by atoms with Crippen molar-refractivity contribution in [3.63, 3.8) is 0 Å². The van der Waals surface area contributed by atoms with E-state index in [9.17, 15) is 4.79 Å². The summed E-state index contributed by atoms with van der Waals surface area (Å²) in [5.74, 6) is 0.823. The fraction of sp³-hybridized carbons (Fsp3) is 0.619. The first-order chi connectivity index (χ1) is 14.0. The molecule has 0 bridgehead atoms. The first-order valence-electron chi connectivity index (χ1n) is 10.5. The molecule has 2 aliphatic rings. The van der Waals surface area contributed by atoms with Crippen molar-refractivity contribution < 1.29 is 14.3 Å². The van der Waals surface area contributed by atoms with E-state index in [2.05, 4.69) is 10.3 Å². The Morgan fingerprint density at radius 1 is 1.21 bits per heavy atom. The number of carbonyl (C=O) groups excluding carboxylic acids is 1. The number of aromatic nitrogens is 4. The van der Waals surface area contributed by atoms with Crippen molar-refractivity contribution in [3.05, 3.63) is 23.5 Å². The lowest BCUT2D eigenvalue weighted by Gasteiger charge is -2.23. The highest BCUT2D eigenvalue weighted by molar-refractivity contribution is 5.68. The van der Waals surface area contributed by atoms with Gasteiger partial charge in [0.2, 0.25) is 0 Å². The molecule has 0 aromatic carbocycles. The molecule has 0 spiro atoms. The molecule has 1 amide bonds. The van der Waals surface area contributed by atoms with Crippen LogP contribution in [-0.2, 0) is 18.4 Å². The van der Waals surface area contributed by atoms with Crippen LogP contribution in [0, 0.1) is 6.92 Å². The zero-order valence-corrected chi connectivity index (χ0v) is 17.4. The molecule has 2 saturated carbocycles. The third-order valence-corrected chi connectivity index (χ3v) is 5.78. The van der Waals surface area contributed by atoms with Gasteiger partial charge in [-0.15, -0.1) is 5.10 Å². The van der Waals surface area contributed by atoms with Gasteiger partial charge in [-0.2, -0.15) is 0 Å². The van der Waals surface area contributed by atoms with E-state index < -0.39 is 0 Å². The molecule has 2 fully saturated rings. The van der Waals surface area contributed by atoms with Gasteiger partial charge >= 0.3 is 6.09 Å². The van der Waals surface area contributed by atoms with Crippen LogP contribution in [0.4, 0.5) is 4.79 Å². The van der Waals surface area contributed by atoms with Gasteiger partial charge in [0, 0.05) is 20.1 Å². The maximum absolute atomic E-state index is 12.2. The van der Waals surface area contributed by atoms with Crippen molar-refractivity contribution in [1.82, 2.24) is 24.9 Å². The molecule has 29 heavy (non-hydrogen) atoms. The number of rotatable bonds is 6. The molecule has 2 aliphatic carbocycles. The Morgan fingerprint density at radius 3 is 2.66 bits per heavy atom. The largest absolute Gasteiger partial charge is 0.489 e. The first kappa shape index (κ1) is 19.7. The number of hydrogen-bond donors (Lipinski definition) is 0. The molecule has 0 atom stereocenters. The quantitative estimate of drug-likeness (QED) is 0.738. The molecule has 0 radical (unpaired) electrons. The lowest BCUT2D eigenvalue weighted by molar-refractivity contribution is 0.100. The Balaban J connectivity index is 1.46. The van der Waals surface area contributed by atoms with Crippen LogP contribution < -0.4 is 4.74 Å². The lowest BCUT2D eigenvalue weighted by Crippen LogP contribution is -2.29. The Morgan fingerprint density at radius 2 is 1.97 bits per heavy atom. The normalized spacial score (nSPS) is 17.2. The standard InChI is InChI=1S/C21H29N5O3/c1-14-19(29-16-7-5-4-6-8-16)12-11-17(22-14)20-18(26(3)24-23-20)13-28-21(27)25(2)15-9-10-15/h11-12,15-16H,4-10,13H2,1-3H3. The highest BCUT2D eigenvalue weighted by Crippen LogP contribution is 2.29. The summed E-state index contributed by atoms with van der Waals surface area (Å²) in [6.45, 7) is 2.05. The van der Waals surface area contributed by atoms with E-state index in [1.165, 1.54) is 19.3 Å². The Bertz CT molecular complexity index is 871. The fourth-order valence-corrected chi connectivity index (χ4v) is 3.75. The van der Waals surface area contributed by atoms with Crippen molar-refractivity contribution in [2.75, 3.05) is 7.05 Å². The van der Waals surface area contributed by atoms with Gasteiger partial charge in [0.25, 0.3) is 0 Å². The molecule has 4 rings (SSSR count). The summed E-state index contributed by atoms with van der Waals surface area (Å²) in [6.07, 6.45) is 8.02. The molecule has 0 saturated heterocycles. The second kappa shape index (κ2) is 8.39. The van der Waals surface area contributed by atoms with E-state index in [-0.39, 0.29) is 18.8 Å². The predicted octanol–water partition coefficient (Wildman–Crippen LogP) is 3.63. The summed E-state index contributed by atoms with van der Waals surface area (Å²) >= 11 is 0. The Kier molecular flexibility index (Phi) is 5.69. The van der Waals surface area contributed by atoms with E-state index in [0.29, 0.717) is 17.4 Å². The molecule has 2 aromatic heterocycles. The molecule has 2 heterocycles. The van der Waals surface area contributed by atoms with Gasteiger partial charge < -0.3 is 14.4 Å². The molecule has 8 nitrogen and oxygen atoms in total. The molecule has 2 aromatic rings. The third kappa shape index (κ3) is 4.52. The summed E-state index contributed by atoms with van der Waals surface area (Å²) in [4.78, 5) is 18.5. The third-order valence-electron chi connectivity index (χ3n) is 5.78. The minimum atomic E-state index is -0.319. The van der Waals surface area contributed by atoms with Crippen LogP contribution in [0.15, 0.2) is 12.1 Å². The summed E-state index contributed by atoms with van der Waals surface area (Å²) in [7, 11) is 3.57. The monoisotopic (exact) mass is 399 g/mol. The van der Waals surface area contributed by atoms with Crippen molar-refractivity contribution in [2.45, 2.75) is 70.6 Å². The predicted molar refractivity (Wildman–Crippen MR) is 107 cm³/mol. The Hall–Kier alpha value is -2.64. The van der Waals surface area contributed by atoms with Crippen LogP contribution in [0.3, 0.4) is 0 Å². The van der Waals surface area contributed by atoms with E-state index in [0.717, 1.165) is 42.8 Å². The number of pyridine rings is 1. The van der Waals surface area contributed by atoms with Gasteiger partial charge in [-0.25, -0.2) is 14.5 Å². The van der Waals surface area contributed by atoms with Crippen LogP contribution in [0.25, 0.3) is 11.4 Å². The Labute approximate surface area is 171 Å². The van der Waals surface area contributed by atoms with Gasteiger partial charge in [0.15, 0.2) is 0 Å². The minimum absolute atomic E-state index is 0.107. The van der Waals surface area contributed by atoms with Crippen LogP contribution in [0.1, 0.15) is 56.3 Å². The zero-order chi connectivity index (χ0) is 20.4. The van der Waals surface area contributed by atoms with Crippen molar-refractivity contribution >= 4 is 6.09 Å². The van der Waals surface area contributed by atoms with Gasteiger partial charge in [-0.1, -0.05) is 11.6 Å². The summed E-state index contributed by atoms with van der Waals surface area (Å²) in [6, 6.07) is 4.17. The molecule has 0 unspecified atom stereocenters. The smallest absolute Gasteiger partial charge is 0.410 e. The minimum Gasteiger partial charge on any atom is -0.489 e.